The molecule has 58 heavy (non-hydrogen) atoms. The van der Waals surface area contributed by atoms with Gasteiger partial charge in [0.2, 0.25) is 0 Å². The van der Waals surface area contributed by atoms with Gasteiger partial charge in [-0.3, -0.25) is 0 Å². The van der Waals surface area contributed by atoms with Crippen LogP contribution in [-0.4, -0.2) is 0 Å². The Hall–Kier alpha value is -4.30. The molecule has 6 aliphatic carbocycles. The minimum absolute atomic E-state index is 0.121. The molecule has 0 N–H and O–H groups in total. The van der Waals surface area contributed by atoms with Crippen LogP contribution in [0, 0.1) is 29.1 Å². The van der Waals surface area contributed by atoms with E-state index in [2.05, 4.69) is 163 Å². The summed E-state index contributed by atoms with van der Waals surface area (Å²) in [6, 6.07) is 40.4. The molecule has 296 valence electrons. The van der Waals surface area contributed by atoms with Crippen LogP contribution < -0.4 is 9.64 Å². The van der Waals surface area contributed by atoms with Gasteiger partial charge in [0.1, 0.15) is 11.5 Å². The normalized spacial score (nSPS) is 31.4. The minimum atomic E-state index is 0.121. The van der Waals surface area contributed by atoms with E-state index in [1.165, 1.54) is 113 Å². The third kappa shape index (κ3) is 4.46. The van der Waals surface area contributed by atoms with Crippen molar-refractivity contribution in [1.82, 2.24) is 0 Å². The Morgan fingerprint density at radius 3 is 1.60 bits per heavy atom. The lowest BCUT2D eigenvalue weighted by Gasteiger charge is -2.77. The van der Waals surface area contributed by atoms with Gasteiger partial charge in [0.25, 0.3) is 0 Å². The van der Waals surface area contributed by atoms with E-state index in [-0.39, 0.29) is 27.1 Å². The summed E-state index contributed by atoms with van der Waals surface area (Å²) in [5.74, 6) is 5.62. The van der Waals surface area contributed by atoms with Gasteiger partial charge in [-0.2, -0.15) is 0 Å². The van der Waals surface area contributed by atoms with Crippen molar-refractivity contribution >= 4 is 17.1 Å². The zero-order valence-electron chi connectivity index (χ0n) is 36.1. The van der Waals surface area contributed by atoms with Crippen LogP contribution in [0.3, 0.4) is 0 Å². The first-order valence-corrected chi connectivity index (χ1v) is 22.8. The van der Waals surface area contributed by atoms with E-state index in [9.17, 15) is 0 Å². The number of anilines is 3. The monoisotopic (exact) mass is 763 g/mol. The average Bonchev–Trinajstić information content (AvgIpc) is 3.74. The SMILES string of the molecule is CC1(C)CCC(C)(C)c2cc(N(c3ccc(-c4ccc5c(c4)Oc4ccccc4C54C5CC6CC7CC4C75C6)cc3)c3ccc4c(c3)C(C)(C)CCC4(C)C)ccc21. The highest BCUT2D eigenvalue weighted by Gasteiger charge is 2.84. The first-order chi connectivity index (χ1) is 27.6. The van der Waals surface area contributed by atoms with Crippen LogP contribution in [0.15, 0.2) is 103 Å². The largest absolute Gasteiger partial charge is 0.457 e. The lowest BCUT2D eigenvalue weighted by molar-refractivity contribution is -0.235. The van der Waals surface area contributed by atoms with Crippen LogP contribution in [0.5, 0.6) is 11.5 Å². The molecule has 2 heteroatoms. The fourth-order valence-corrected chi connectivity index (χ4v) is 14.9. The maximum absolute atomic E-state index is 6.89. The number of nitrogens with zero attached hydrogens (tertiary/aromatic N) is 1. The molecular formula is C56H61NO. The smallest absolute Gasteiger partial charge is 0.132 e. The highest BCUT2D eigenvalue weighted by Crippen LogP contribution is 2.89. The Morgan fingerprint density at radius 2 is 0.983 bits per heavy atom. The van der Waals surface area contributed by atoms with Crippen LogP contribution in [-0.2, 0) is 27.1 Å². The molecule has 1 aliphatic heterocycles. The number of ether oxygens (including phenoxy) is 1. The molecule has 2 nitrogen and oxygen atoms in total. The number of hydrogen-bond acceptors (Lipinski definition) is 2. The average molecular weight is 764 g/mol. The molecule has 0 amide bonds. The molecule has 12 rings (SSSR count). The molecule has 1 heterocycles. The van der Waals surface area contributed by atoms with E-state index in [0.29, 0.717) is 5.41 Å². The maximum atomic E-state index is 6.89. The predicted octanol–water partition coefficient (Wildman–Crippen LogP) is 15.0. The van der Waals surface area contributed by atoms with Gasteiger partial charge in [-0.15, -0.1) is 0 Å². The van der Waals surface area contributed by atoms with Crippen molar-refractivity contribution in [2.75, 3.05) is 4.90 Å². The molecule has 5 aromatic carbocycles. The van der Waals surface area contributed by atoms with Crippen molar-refractivity contribution in [3.63, 3.8) is 0 Å². The predicted molar refractivity (Wildman–Crippen MR) is 239 cm³/mol. The quantitative estimate of drug-likeness (QED) is 0.181. The fraction of sp³-hybridized carbons (Fsp3) is 0.464. The second-order valence-corrected chi connectivity index (χ2v) is 22.7. The zero-order valence-corrected chi connectivity index (χ0v) is 36.1. The lowest BCUT2D eigenvalue weighted by atomic mass is 9.26. The van der Waals surface area contributed by atoms with Gasteiger partial charge >= 0.3 is 0 Å². The molecule has 0 radical (unpaired) electrons. The van der Waals surface area contributed by atoms with Crippen LogP contribution in [0.2, 0.25) is 0 Å². The molecule has 4 saturated carbocycles. The van der Waals surface area contributed by atoms with Crippen LogP contribution in [0.25, 0.3) is 11.1 Å². The van der Waals surface area contributed by atoms with Gasteiger partial charge in [-0.25, -0.2) is 0 Å². The Labute approximate surface area is 347 Å². The van der Waals surface area contributed by atoms with Gasteiger partial charge in [0, 0.05) is 33.6 Å². The highest BCUT2D eigenvalue weighted by atomic mass is 16.5. The van der Waals surface area contributed by atoms with Crippen molar-refractivity contribution in [3.05, 3.63) is 137 Å². The first-order valence-electron chi connectivity index (χ1n) is 22.8. The summed E-state index contributed by atoms with van der Waals surface area (Å²) in [6.07, 6.45) is 10.6. The summed E-state index contributed by atoms with van der Waals surface area (Å²) >= 11 is 0. The second-order valence-electron chi connectivity index (χ2n) is 22.7. The summed E-state index contributed by atoms with van der Waals surface area (Å²) in [4.78, 5) is 2.53. The third-order valence-corrected chi connectivity index (χ3v) is 18.1. The maximum Gasteiger partial charge on any atom is 0.132 e. The van der Waals surface area contributed by atoms with E-state index in [1.54, 1.807) is 0 Å². The minimum Gasteiger partial charge on any atom is -0.457 e. The van der Waals surface area contributed by atoms with E-state index in [4.69, 9.17) is 4.74 Å². The summed E-state index contributed by atoms with van der Waals surface area (Å²) in [7, 11) is 0. The van der Waals surface area contributed by atoms with Crippen molar-refractivity contribution in [2.45, 2.75) is 134 Å². The first kappa shape index (κ1) is 35.6. The van der Waals surface area contributed by atoms with Gasteiger partial charge in [-0.1, -0.05) is 110 Å². The van der Waals surface area contributed by atoms with Gasteiger partial charge in [-0.05, 0) is 184 Å². The van der Waals surface area contributed by atoms with E-state index in [0.717, 1.165) is 35.2 Å². The topological polar surface area (TPSA) is 12.5 Å². The number of fused-ring (bicyclic) bond motifs is 9. The van der Waals surface area contributed by atoms with E-state index in [1.807, 2.05) is 0 Å². The summed E-state index contributed by atoms with van der Waals surface area (Å²) in [5, 5.41) is 0. The van der Waals surface area contributed by atoms with Crippen molar-refractivity contribution in [1.29, 1.82) is 0 Å². The van der Waals surface area contributed by atoms with Crippen molar-refractivity contribution in [2.24, 2.45) is 29.1 Å². The third-order valence-electron chi connectivity index (χ3n) is 18.1. The molecule has 6 unspecified atom stereocenters. The van der Waals surface area contributed by atoms with Crippen LogP contribution >= 0.6 is 0 Å². The Morgan fingerprint density at radius 1 is 0.466 bits per heavy atom. The van der Waals surface area contributed by atoms with Crippen LogP contribution in [0.4, 0.5) is 17.1 Å². The van der Waals surface area contributed by atoms with Gasteiger partial charge < -0.3 is 9.64 Å². The van der Waals surface area contributed by atoms with E-state index >= 15 is 0 Å². The summed E-state index contributed by atoms with van der Waals surface area (Å²) in [6.45, 7) is 19.5. The summed E-state index contributed by atoms with van der Waals surface area (Å²) < 4.78 is 6.89. The molecule has 0 aromatic heterocycles. The van der Waals surface area contributed by atoms with Gasteiger partial charge in [0.15, 0.2) is 0 Å². The number of benzene rings is 5. The van der Waals surface area contributed by atoms with Gasteiger partial charge in [0.05, 0.1) is 0 Å². The highest BCUT2D eigenvalue weighted by molar-refractivity contribution is 5.81. The molecule has 0 saturated heterocycles. The molecule has 7 aliphatic rings. The molecule has 2 bridgehead atoms. The second kappa shape index (κ2) is 11.3. The van der Waals surface area contributed by atoms with Crippen LogP contribution in [0.1, 0.15) is 140 Å². The summed E-state index contributed by atoms with van der Waals surface area (Å²) in [5.41, 5.74) is 16.4. The fourth-order valence-electron chi connectivity index (χ4n) is 14.9. The standard InChI is InChI=1S/C56H61NO/c1-51(2)23-25-53(5,6)45-31-39(18-21-41(45)51)57(40-19-22-42-46(32-40)54(7,8)26-24-52(42,3)4)38-16-13-35(14-17-38)36-15-20-44-48(29-36)58-47-12-10-9-11-43(47)56(44)49-28-34-27-37-30-50(56)55(37,49)33-34/h9-22,29,31-32,34,37,49-50H,23-28,30,33H2,1-8H3. The zero-order chi connectivity index (χ0) is 39.8. The van der Waals surface area contributed by atoms with E-state index < -0.39 is 0 Å². The number of para-hydroxylation sites is 1. The Bertz CT molecular complexity index is 2470. The molecule has 5 aromatic rings. The Kier molecular flexibility index (Phi) is 6.93. The Balaban J connectivity index is 0.953. The van der Waals surface area contributed by atoms with Crippen molar-refractivity contribution < 1.29 is 4.74 Å². The van der Waals surface area contributed by atoms with Crippen molar-refractivity contribution in [3.8, 4) is 22.6 Å². The number of hydrogen-bond donors (Lipinski definition) is 0. The molecule has 6 atom stereocenters. The lowest BCUT2D eigenvalue weighted by Crippen LogP contribution is -2.74. The number of rotatable bonds is 4. The molecule has 2 spiro atoms. The molecule has 4 fully saturated rings. The molecular weight excluding hydrogens is 703 g/mol.